The van der Waals surface area contributed by atoms with Gasteiger partial charge in [-0.15, -0.1) is 0 Å². The molecule has 2 aromatic rings. The lowest BCUT2D eigenvalue weighted by molar-refractivity contribution is 0.978. The normalized spacial score (nSPS) is 14.3. The van der Waals surface area contributed by atoms with Gasteiger partial charge in [0, 0.05) is 18.5 Å². The smallest absolute Gasteiger partial charge is 0.162 e. The van der Waals surface area contributed by atoms with E-state index in [2.05, 4.69) is 54.2 Å². The zero-order valence-corrected chi connectivity index (χ0v) is 14.5. The first-order valence-corrected chi connectivity index (χ1v) is 8.14. The largest absolute Gasteiger partial charge is 0.372 e. The molecule has 0 atom stereocenters. The van der Waals surface area contributed by atoms with Crippen molar-refractivity contribution in [1.82, 2.24) is 9.97 Å². The summed E-state index contributed by atoms with van der Waals surface area (Å²) >= 11 is 3.65. The molecule has 3 nitrogen and oxygen atoms in total. The van der Waals surface area contributed by atoms with Crippen LogP contribution < -0.4 is 5.32 Å². The number of hydrogen-bond acceptors (Lipinski definition) is 3. The van der Waals surface area contributed by atoms with Gasteiger partial charge in [0.2, 0.25) is 0 Å². The van der Waals surface area contributed by atoms with Gasteiger partial charge in [0.25, 0.3) is 0 Å². The number of nitrogens with zero attached hydrogens (tertiary/aromatic N) is 2. The van der Waals surface area contributed by atoms with Crippen LogP contribution in [0.5, 0.6) is 0 Å². The third-order valence-corrected chi connectivity index (χ3v) is 4.94. The van der Waals surface area contributed by atoms with Gasteiger partial charge in [-0.05, 0) is 72.3 Å². The molecule has 1 aromatic carbocycles. The van der Waals surface area contributed by atoms with Gasteiger partial charge in [-0.3, -0.25) is 0 Å². The second-order valence-electron chi connectivity index (χ2n) is 5.87. The monoisotopic (exact) mass is 345 g/mol. The molecule has 21 heavy (non-hydrogen) atoms. The van der Waals surface area contributed by atoms with E-state index in [4.69, 9.17) is 9.97 Å². The summed E-state index contributed by atoms with van der Waals surface area (Å²) in [5.41, 5.74) is 6.08. The lowest BCUT2D eigenvalue weighted by atomic mass is 10.0. The number of halogens is 1. The van der Waals surface area contributed by atoms with Crippen LogP contribution in [0.2, 0.25) is 0 Å². The first-order chi connectivity index (χ1) is 10.0. The molecule has 1 aromatic heterocycles. The Morgan fingerprint density at radius 3 is 2.33 bits per heavy atom. The maximum atomic E-state index is 4.85. The summed E-state index contributed by atoms with van der Waals surface area (Å²) in [6.45, 7) is 6.41. The summed E-state index contributed by atoms with van der Waals surface area (Å²) in [5.74, 6) is 2.28. The first-order valence-electron chi connectivity index (χ1n) is 7.34. The maximum Gasteiger partial charge on any atom is 0.162 e. The minimum absolute atomic E-state index is 0.583. The molecule has 110 valence electrons. The SMILES string of the molecule is CNc1nc(-c2cc(C)c(C)cc2C)nc(C2CC2)c1Br. The molecule has 1 N–H and O–H groups in total. The second-order valence-corrected chi connectivity index (χ2v) is 6.66. The Labute approximate surface area is 134 Å². The Bertz CT molecular complexity index is 706. The van der Waals surface area contributed by atoms with Crippen LogP contribution >= 0.6 is 15.9 Å². The van der Waals surface area contributed by atoms with Crippen LogP contribution in [0.3, 0.4) is 0 Å². The van der Waals surface area contributed by atoms with E-state index in [1.807, 2.05) is 7.05 Å². The predicted octanol–water partition coefficient (Wildman–Crippen LogP) is 4.75. The highest BCUT2D eigenvalue weighted by molar-refractivity contribution is 9.10. The average Bonchev–Trinajstić information content (AvgIpc) is 3.28. The van der Waals surface area contributed by atoms with Gasteiger partial charge < -0.3 is 5.32 Å². The topological polar surface area (TPSA) is 37.8 Å². The molecular formula is C17H20BrN3. The molecule has 4 heteroatoms. The van der Waals surface area contributed by atoms with E-state index in [9.17, 15) is 0 Å². The van der Waals surface area contributed by atoms with Crippen molar-refractivity contribution in [3.63, 3.8) is 0 Å². The highest BCUT2D eigenvalue weighted by Gasteiger charge is 2.29. The van der Waals surface area contributed by atoms with E-state index in [1.165, 1.54) is 29.5 Å². The first kappa shape index (κ1) is 14.5. The third kappa shape index (κ3) is 2.69. The van der Waals surface area contributed by atoms with Crippen molar-refractivity contribution in [1.29, 1.82) is 0 Å². The maximum absolute atomic E-state index is 4.85. The number of nitrogens with one attached hydrogen (secondary N) is 1. The van der Waals surface area contributed by atoms with E-state index in [-0.39, 0.29) is 0 Å². The van der Waals surface area contributed by atoms with E-state index < -0.39 is 0 Å². The molecule has 0 aliphatic heterocycles. The standard InChI is InChI=1S/C17H20BrN3/c1-9-7-11(3)13(8-10(9)2)16-20-15(12-5-6-12)14(18)17(19-4)21-16/h7-8,12H,5-6H2,1-4H3,(H,19,20,21). The molecule has 1 heterocycles. The molecule has 0 bridgehead atoms. The molecule has 1 aliphatic rings. The van der Waals surface area contributed by atoms with Crippen LogP contribution in [-0.4, -0.2) is 17.0 Å². The molecular weight excluding hydrogens is 326 g/mol. The van der Waals surface area contributed by atoms with E-state index in [1.54, 1.807) is 0 Å². The van der Waals surface area contributed by atoms with Gasteiger partial charge in [-0.1, -0.05) is 6.07 Å². The number of benzene rings is 1. The van der Waals surface area contributed by atoms with Crippen molar-refractivity contribution < 1.29 is 0 Å². The van der Waals surface area contributed by atoms with Gasteiger partial charge in [-0.25, -0.2) is 9.97 Å². The minimum Gasteiger partial charge on any atom is -0.372 e. The summed E-state index contributed by atoms with van der Waals surface area (Å²) < 4.78 is 1.01. The van der Waals surface area contributed by atoms with Crippen LogP contribution in [0.4, 0.5) is 5.82 Å². The van der Waals surface area contributed by atoms with E-state index in [0.717, 1.165) is 27.4 Å². The predicted molar refractivity (Wildman–Crippen MR) is 90.9 cm³/mol. The molecule has 1 aliphatic carbocycles. The van der Waals surface area contributed by atoms with Crippen molar-refractivity contribution >= 4 is 21.7 Å². The fourth-order valence-electron chi connectivity index (χ4n) is 2.58. The van der Waals surface area contributed by atoms with Gasteiger partial charge in [0.1, 0.15) is 5.82 Å². The summed E-state index contributed by atoms with van der Waals surface area (Å²) in [7, 11) is 1.90. The van der Waals surface area contributed by atoms with Gasteiger partial charge in [-0.2, -0.15) is 0 Å². The molecule has 3 rings (SSSR count). The molecule has 0 spiro atoms. The van der Waals surface area contributed by atoms with Crippen LogP contribution in [0.1, 0.15) is 41.1 Å². The van der Waals surface area contributed by atoms with Crippen LogP contribution in [-0.2, 0) is 0 Å². The Balaban J connectivity index is 2.18. The second kappa shape index (κ2) is 5.41. The molecule has 1 fully saturated rings. The van der Waals surface area contributed by atoms with Gasteiger partial charge in [0.15, 0.2) is 5.82 Å². The highest BCUT2D eigenvalue weighted by Crippen LogP contribution is 2.44. The Kier molecular flexibility index (Phi) is 3.74. The van der Waals surface area contributed by atoms with Gasteiger partial charge >= 0.3 is 0 Å². The zero-order valence-electron chi connectivity index (χ0n) is 12.9. The Morgan fingerprint density at radius 1 is 1.05 bits per heavy atom. The van der Waals surface area contributed by atoms with Crippen molar-refractivity contribution in [2.45, 2.75) is 39.5 Å². The van der Waals surface area contributed by atoms with Crippen molar-refractivity contribution in [2.24, 2.45) is 0 Å². The van der Waals surface area contributed by atoms with Crippen molar-refractivity contribution in [2.75, 3.05) is 12.4 Å². The zero-order chi connectivity index (χ0) is 15.1. The lowest BCUT2D eigenvalue weighted by Crippen LogP contribution is -2.03. The quantitative estimate of drug-likeness (QED) is 0.871. The number of aryl methyl sites for hydroxylation is 3. The summed E-state index contributed by atoms with van der Waals surface area (Å²) in [5, 5.41) is 3.18. The fraction of sp³-hybridized carbons (Fsp3) is 0.412. The lowest BCUT2D eigenvalue weighted by Gasteiger charge is -2.13. The molecule has 0 saturated heterocycles. The molecule has 1 saturated carbocycles. The van der Waals surface area contributed by atoms with E-state index in [0.29, 0.717) is 5.92 Å². The van der Waals surface area contributed by atoms with Crippen molar-refractivity contribution in [3.8, 4) is 11.4 Å². The molecule has 0 amide bonds. The summed E-state index contributed by atoms with van der Waals surface area (Å²) in [6.07, 6.45) is 2.45. The Morgan fingerprint density at radius 2 is 1.71 bits per heavy atom. The number of anilines is 1. The van der Waals surface area contributed by atoms with Crippen LogP contribution in [0.15, 0.2) is 16.6 Å². The number of hydrogen-bond donors (Lipinski definition) is 1. The highest BCUT2D eigenvalue weighted by atomic mass is 79.9. The summed E-state index contributed by atoms with van der Waals surface area (Å²) in [4.78, 5) is 9.54. The number of rotatable bonds is 3. The van der Waals surface area contributed by atoms with Crippen molar-refractivity contribution in [3.05, 3.63) is 39.0 Å². The minimum atomic E-state index is 0.583. The van der Waals surface area contributed by atoms with Crippen LogP contribution in [0.25, 0.3) is 11.4 Å². The third-order valence-electron chi connectivity index (χ3n) is 4.16. The van der Waals surface area contributed by atoms with Gasteiger partial charge in [0.05, 0.1) is 10.2 Å². The molecule has 0 radical (unpaired) electrons. The summed E-state index contributed by atoms with van der Waals surface area (Å²) in [6, 6.07) is 4.41. The Hall–Kier alpha value is -1.42. The van der Waals surface area contributed by atoms with Crippen LogP contribution in [0, 0.1) is 20.8 Å². The fourth-order valence-corrected chi connectivity index (χ4v) is 3.28. The average molecular weight is 346 g/mol. The molecule has 0 unspecified atom stereocenters. The van der Waals surface area contributed by atoms with E-state index >= 15 is 0 Å². The number of aromatic nitrogens is 2.